The van der Waals surface area contributed by atoms with E-state index in [0.717, 1.165) is 11.9 Å². The zero-order valence-electron chi connectivity index (χ0n) is 8.38. The van der Waals surface area contributed by atoms with Crippen LogP contribution in [0.15, 0.2) is 0 Å². The Morgan fingerprint density at radius 2 is 2.23 bits per heavy atom. The number of halogens is 1. The zero-order chi connectivity index (χ0) is 9.26. The first-order valence-corrected chi connectivity index (χ1v) is 5.85. The Bertz CT molecular complexity index is 174. The summed E-state index contributed by atoms with van der Waals surface area (Å²) in [7, 11) is 0. The monoisotopic (exact) mass is 202 g/mol. The number of alkyl halides is 1. The van der Waals surface area contributed by atoms with E-state index < -0.39 is 0 Å². The van der Waals surface area contributed by atoms with Gasteiger partial charge in [-0.3, -0.25) is 4.90 Å². The Balaban J connectivity index is 1.85. The van der Waals surface area contributed by atoms with Crippen LogP contribution in [0.1, 0.15) is 13.3 Å². The first-order chi connectivity index (χ1) is 6.29. The number of hydrogen-bond acceptors (Lipinski definition) is 2. The summed E-state index contributed by atoms with van der Waals surface area (Å²) in [5.74, 6) is 1.45. The van der Waals surface area contributed by atoms with E-state index in [-0.39, 0.29) is 0 Å². The molecule has 2 heterocycles. The molecule has 0 aromatic rings. The molecule has 76 valence electrons. The van der Waals surface area contributed by atoms with E-state index in [4.69, 9.17) is 11.6 Å². The van der Waals surface area contributed by atoms with Crippen LogP contribution in [0.4, 0.5) is 0 Å². The summed E-state index contributed by atoms with van der Waals surface area (Å²) in [5, 5.41) is 0. The lowest BCUT2D eigenvalue weighted by Crippen LogP contribution is -2.48. The number of piperazine rings is 1. The molecule has 2 saturated heterocycles. The molecule has 2 aliphatic heterocycles. The summed E-state index contributed by atoms with van der Waals surface area (Å²) in [6.07, 6.45) is 1.37. The minimum Gasteiger partial charge on any atom is -0.300 e. The Morgan fingerprint density at radius 1 is 1.38 bits per heavy atom. The lowest BCUT2D eigenvalue weighted by molar-refractivity contribution is 0.123. The molecule has 13 heavy (non-hydrogen) atoms. The molecule has 0 aromatic heterocycles. The smallest absolute Gasteiger partial charge is 0.0261 e. The van der Waals surface area contributed by atoms with Gasteiger partial charge in [-0.15, -0.1) is 11.6 Å². The molecule has 0 radical (unpaired) electrons. The van der Waals surface area contributed by atoms with Gasteiger partial charge in [0, 0.05) is 38.1 Å². The van der Waals surface area contributed by atoms with Crippen molar-refractivity contribution in [2.75, 3.05) is 38.6 Å². The lowest BCUT2D eigenvalue weighted by Gasteiger charge is -2.35. The topological polar surface area (TPSA) is 6.48 Å². The fraction of sp³-hybridized carbons (Fsp3) is 1.00. The first-order valence-electron chi connectivity index (χ1n) is 5.32. The maximum atomic E-state index is 5.84. The van der Waals surface area contributed by atoms with Crippen molar-refractivity contribution in [3.05, 3.63) is 0 Å². The fourth-order valence-electron chi connectivity index (χ4n) is 2.46. The van der Waals surface area contributed by atoms with Crippen LogP contribution in [0.2, 0.25) is 0 Å². The predicted molar refractivity (Wildman–Crippen MR) is 56.3 cm³/mol. The molecule has 0 N–H and O–H groups in total. The lowest BCUT2D eigenvalue weighted by atomic mass is 10.1. The van der Waals surface area contributed by atoms with E-state index >= 15 is 0 Å². The molecule has 0 saturated carbocycles. The van der Waals surface area contributed by atoms with Crippen molar-refractivity contribution in [3.8, 4) is 0 Å². The van der Waals surface area contributed by atoms with E-state index in [1.54, 1.807) is 0 Å². The van der Waals surface area contributed by atoms with Crippen molar-refractivity contribution in [1.29, 1.82) is 0 Å². The van der Waals surface area contributed by atoms with Crippen molar-refractivity contribution in [2.24, 2.45) is 5.92 Å². The molecule has 0 amide bonds. The highest BCUT2D eigenvalue weighted by molar-refractivity contribution is 6.18. The normalized spacial score (nSPS) is 36.5. The molecule has 2 rings (SSSR count). The maximum Gasteiger partial charge on any atom is 0.0261 e. The largest absolute Gasteiger partial charge is 0.300 e. The molecule has 2 fully saturated rings. The van der Waals surface area contributed by atoms with Gasteiger partial charge in [-0.2, -0.15) is 0 Å². The molecule has 3 heteroatoms. The van der Waals surface area contributed by atoms with E-state index in [9.17, 15) is 0 Å². The molecule has 0 aromatic carbocycles. The Kier molecular flexibility index (Phi) is 3.12. The summed E-state index contributed by atoms with van der Waals surface area (Å²) in [6.45, 7) is 8.58. The molecule has 3 unspecified atom stereocenters. The minimum absolute atomic E-state index is 0.647. The van der Waals surface area contributed by atoms with Gasteiger partial charge in [0.1, 0.15) is 0 Å². The molecule has 2 aliphatic rings. The Morgan fingerprint density at radius 3 is 3.00 bits per heavy atom. The van der Waals surface area contributed by atoms with Crippen LogP contribution in [0, 0.1) is 5.92 Å². The summed E-state index contributed by atoms with van der Waals surface area (Å²) < 4.78 is 0. The number of nitrogens with zero attached hydrogens (tertiary/aromatic N) is 2. The number of hydrogen-bond donors (Lipinski definition) is 0. The van der Waals surface area contributed by atoms with Crippen LogP contribution in [0.25, 0.3) is 0 Å². The molecular formula is C10H19ClN2. The zero-order valence-corrected chi connectivity index (χ0v) is 9.13. The molecule has 2 nitrogen and oxygen atoms in total. The summed E-state index contributed by atoms with van der Waals surface area (Å²) >= 11 is 5.84. The van der Waals surface area contributed by atoms with E-state index in [1.807, 2.05) is 0 Å². The number of rotatable bonds is 3. The van der Waals surface area contributed by atoms with Crippen LogP contribution in [0.3, 0.4) is 0 Å². The van der Waals surface area contributed by atoms with E-state index in [1.165, 1.54) is 39.1 Å². The van der Waals surface area contributed by atoms with Crippen LogP contribution < -0.4 is 0 Å². The van der Waals surface area contributed by atoms with Crippen LogP contribution in [-0.4, -0.2) is 54.4 Å². The third-order valence-electron chi connectivity index (χ3n) is 3.28. The second kappa shape index (κ2) is 4.16. The summed E-state index contributed by atoms with van der Waals surface area (Å²) in [6, 6.07) is 0.833. The van der Waals surface area contributed by atoms with Crippen LogP contribution in [-0.2, 0) is 0 Å². The van der Waals surface area contributed by atoms with Crippen molar-refractivity contribution >= 4 is 11.6 Å². The van der Waals surface area contributed by atoms with Gasteiger partial charge in [0.05, 0.1) is 0 Å². The van der Waals surface area contributed by atoms with Crippen molar-refractivity contribution in [3.63, 3.8) is 0 Å². The third-order valence-corrected chi connectivity index (χ3v) is 3.80. The van der Waals surface area contributed by atoms with Gasteiger partial charge in [-0.25, -0.2) is 0 Å². The second-order valence-corrected chi connectivity index (χ2v) is 4.81. The standard InChI is InChI=1S/C10H19ClN2/c1-9(6-11)7-13-5-4-12-3-2-10(13)8-12/h9-10H,2-8H2,1H3. The van der Waals surface area contributed by atoms with Gasteiger partial charge in [0.25, 0.3) is 0 Å². The molecule has 0 aliphatic carbocycles. The van der Waals surface area contributed by atoms with E-state index in [0.29, 0.717) is 5.92 Å². The highest BCUT2D eigenvalue weighted by atomic mass is 35.5. The van der Waals surface area contributed by atoms with Gasteiger partial charge in [0.15, 0.2) is 0 Å². The Labute approximate surface area is 85.8 Å². The molecule has 3 atom stereocenters. The van der Waals surface area contributed by atoms with Gasteiger partial charge >= 0.3 is 0 Å². The predicted octanol–water partition coefficient (Wildman–Crippen LogP) is 1.25. The van der Waals surface area contributed by atoms with Gasteiger partial charge < -0.3 is 4.90 Å². The average Bonchev–Trinajstić information content (AvgIpc) is 2.54. The second-order valence-electron chi connectivity index (χ2n) is 4.50. The molecular weight excluding hydrogens is 184 g/mol. The minimum atomic E-state index is 0.647. The van der Waals surface area contributed by atoms with Gasteiger partial charge in [0.2, 0.25) is 0 Å². The summed E-state index contributed by atoms with van der Waals surface area (Å²) in [4.78, 5) is 5.21. The maximum absolute atomic E-state index is 5.84. The van der Waals surface area contributed by atoms with Crippen LogP contribution in [0.5, 0.6) is 0 Å². The first kappa shape index (κ1) is 9.75. The highest BCUT2D eigenvalue weighted by Gasteiger charge is 2.32. The SMILES string of the molecule is CC(CCl)CN1CCN2CCC1C2. The van der Waals surface area contributed by atoms with Crippen molar-refractivity contribution < 1.29 is 0 Å². The quantitative estimate of drug-likeness (QED) is 0.636. The fourth-order valence-corrected chi connectivity index (χ4v) is 2.55. The molecule has 2 bridgehead atoms. The summed E-state index contributed by atoms with van der Waals surface area (Å²) in [5.41, 5.74) is 0. The van der Waals surface area contributed by atoms with Crippen molar-refractivity contribution in [2.45, 2.75) is 19.4 Å². The molecule has 0 spiro atoms. The van der Waals surface area contributed by atoms with Gasteiger partial charge in [-0.05, 0) is 18.9 Å². The highest BCUT2D eigenvalue weighted by Crippen LogP contribution is 2.21. The van der Waals surface area contributed by atoms with Crippen LogP contribution >= 0.6 is 11.6 Å². The van der Waals surface area contributed by atoms with E-state index in [2.05, 4.69) is 16.7 Å². The van der Waals surface area contributed by atoms with Crippen molar-refractivity contribution in [1.82, 2.24) is 9.80 Å². The number of fused-ring (bicyclic) bond motifs is 2. The van der Waals surface area contributed by atoms with Gasteiger partial charge in [-0.1, -0.05) is 6.92 Å². The Hall–Kier alpha value is 0.210. The third kappa shape index (κ3) is 2.17. The average molecular weight is 203 g/mol.